The predicted molar refractivity (Wildman–Crippen MR) is 100 cm³/mol. The maximum Gasteiger partial charge on any atom is 0.251 e. The van der Waals surface area contributed by atoms with E-state index >= 15 is 0 Å². The van der Waals surface area contributed by atoms with Gasteiger partial charge in [0.25, 0.3) is 5.91 Å². The van der Waals surface area contributed by atoms with Crippen molar-refractivity contribution < 1.29 is 13.9 Å². The first-order valence-electron chi connectivity index (χ1n) is 9.96. The zero-order valence-corrected chi connectivity index (χ0v) is 15.8. The van der Waals surface area contributed by atoms with Gasteiger partial charge in [0.15, 0.2) is 0 Å². The first-order valence-corrected chi connectivity index (χ1v) is 9.96. The molecule has 0 aromatic heterocycles. The summed E-state index contributed by atoms with van der Waals surface area (Å²) in [5.41, 5.74) is 0.799. The normalized spacial score (nSPS) is 22.3. The molecule has 144 valence electrons. The minimum atomic E-state index is -0.227. The molecule has 0 N–H and O–H groups in total. The molecule has 1 atom stereocenters. The van der Waals surface area contributed by atoms with Crippen molar-refractivity contribution in [2.45, 2.75) is 44.6 Å². The third-order valence-electron chi connectivity index (χ3n) is 5.73. The Morgan fingerprint density at radius 2 is 2.00 bits per heavy atom. The molecule has 0 spiro atoms. The van der Waals surface area contributed by atoms with Gasteiger partial charge < -0.3 is 14.5 Å². The molecule has 0 radical (unpaired) electrons. The number of likely N-dealkylation sites (tertiary alicyclic amines) is 1. The minimum Gasteiger partial charge on any atom is -0.368 e. The molecular weight excluding hydrogens is 331 g/mol. The van der Waals surface area contributed by atoms with Crippen LogP contribution < -0.4 is 0 Å². The van der Waals surface area contributed by atoms with Crippen LogP contribution in [0.5, 0.6) is 0 Å². The number of amides is 1. The van der Waals surface area contributed by atoms with Crippen LogP contribution in [0.2, 0.25) is 0 Å². The quantitative estimate of drug-likeness (QED) is 0.780. The van der Waals surface area contributed by atoms with E-state index in [4.69, 9.17) is 4.74 Å². The second-order valence-corrected chi connectivity index (χ2v) is 7.70. The molecule has 2 heterocycles. The third-order valence-corrected chi connectivity index (χ3v) is 5.73. The van der Waals surface area contributed by atoms with Crippen LogP contribution in [0.15, 0.2) is 24.3 Å². The van der Waals surface area contributed by atoms with Gasteiger partial charge in [-0.15, -0.1) is 0 Å². The van der Waals surface area contributed by atoms with E-state index in [2.05, 4.69) is 4.90 Å². The summed E-state index contributed by atoms with van der Waals surface area (Å²) in [5, 5.41) is 0. The van der Waals surface area contributed by atoms with Gasteiger partial charge in [-0.25, -0.2) is 4.39 Å². The molecule has 1 aromatic rings. The highest BCUT2D eigenvalue weighted by atomic mass is 19.1. The Kier molecular flexibility index (Phi) is 7.03. The lowest BCUT2D eigenvalue weighted by atomic mass is 9.95. The van der Waals surface area contributed by atoms with Crippen LogP contribution in [0.1, 0.15) is 37.7 Å². The number of hydrogen-bond donors (Lipinski definition) is 0. The number of benzene rings is 1. The molecule has 2 aliphatic rings. The summed E-state index contributed by atoms with van der Waals surface area (Å²) >= 11 is 0. The highest BCUT2D eigenvalue weighted by Gasteiger charge is 2.27. The monoisotopic (exact) mass is 362 g/mol. The maximum absolute atomic E-state index is 13.7. The highest BCUT2D eigenvalue weighted by Crippen LogP contribution is 2.21. The van der Waals surface area contributed by atoms with Crippen molar-refractivity contribution in [1.82, 2.24) is 9.80 Å². The first kappa shape index (κ1) is 19.3. The zero-order valence-electron chi connectivity index (χ0n) is 15.8. The summed E-state index contributed by atoms with van der Waals surface area (Å²) in [5.74, 6) is 0.594. The van der Waals surface area contributed by atoms with E-state index in [0.29, 0.717) is 12.5 Å². The fraction of sp³-hybridized carbons (Fsp3) is 0.667. The molecule has 0 bridgehead atoms. The molecule has 0 saturated carbocycles. The SMILES string of the molecule is CN(CC1CCN(CCc2ccccc2F)CC1)C(=O)[C@@H]1CCCCO1. The molecule has 4 nitrogen and oxygen atoms in total. The van der Waals surface area contributed by atoms with Crippen molar-refractivity contribution in [2.75, 3.05) is 39.8 Å². The van der Waals surface area contributed by atoms with E-state index in [1.165, 1.54) is 6.07 Å². The Balaban J connectivity index is 1.38. The standard InChI is InChI=1S/C21H31FN2O2/c1-23(21(25)20-8-4-5-15-26-20)16-17-9-12-24(13-10-17)14-11-18-6-2-3-7-19(18)22/h2-3,6-7,17,20H,4-5,8-16H2,1H3/t20-/m0/s1. The number of likely N-dealkylation sites (N-methyl/N-ethyl adjacent to an activating group) is 1. The van der Waals surface area contributed by atoms with E-state index in [0.717, 1.165) is 70.3 Å². The molecule has 1 amide bonds. The largest absolute Gasteiger partial charge is 0.368 e. The predicted octanol–water partition coefficient (Wildman–Crippen LogP) is 3.11. The average Bonchev–Trinajstić information content (AvgIpc) is 2.68. The lowest BCUT2D eigenvalue weighted by molar-refractivity contribution is -0.145. The Morgan fingerprint density at radius 1 is 1.23 bits per heavy atom. The van der Waals surface area contributed by atoms with Crippen LogP contribution in [0.25, 0.3) is 0 Å². The molecule has 1 aromatic carbocycles. The molecule has 3 rings (SSSR count). The number of rotatable bonds is 6. The lowest BCUT2D eigenvalue weighted by Crippen LogP contribution is -2.44. The van der Waals surface area contributed by atoms with E-state index in [-0.39, 0.29) is 17.8 Å². The number of carbonyl (C=O) groups is 1. The molecule has 26 heavy (non-hydrogen) atoms. The fourth-order valence-corrected chi connectivity index (χ4v) is 4.03. The fourth-order valence-electron chi connectivity index (χ4n) is 4.03. The molecule has 0 aliphatic carbocycles. The minimum absolute atomic E-state index is 0.104. The summed E-state index contributed by atoms with van der Waals surface area (Å²) in [6, 6.07) is 7.04. The maximum atomic E-state index is 13.7. The topological polar surface area (TPSA) is 32.8 Å². The second kappa shape index (κ2) is 9.47. The Morgan fingerprint density at radius 3 is 2.69 bits per heavy atom. The van der Waals surface area contributed by atoms with Gasteiger partial charge in [-0.1, -0.05) is 18.2 Å². The van der Waals surface area contributed by atoms with Crippen molar-refractivity contribution in [3.63, 3.8) is 0 Å². The molecule has 2 aliphatic heterocycles. The number of nitrogens with zero attached hydrogens (tertiary/aromatic N) is 2. The van der Waals surface area contributed by atoms with Gasteiger partial charge in [-0.3, -0.25) is 4.79 Å². The number of hydrogen-bond acceptors (Lipinski definition) is 3. The second-order valence-electron chi connectivity index (χ2n) is 7.70. The van der Waals surface area contributed by atoms with E-state index in [1.807, 2.05) is 24.1 Å². The summed E-state index contributed by atoms with van der Waals surface area (Å²) in [6.45, 7) is 4.49. The molecule has 5 heteroatoms. The van der Waals surface area contributed by atoms with Gasteiger partial charge in [-0.2, -0.15) is 0 Å². The third kappa shape index (κ3) is 5.27. The van der Waals surface area contributed by atoms with E-state index in [1.54, 1.807) is 6.07 Å². The van der Waals surface area contributed by atoms with Crippen LogP contribution in [0.4, 0.5) is 4.39 Å². The van der Waals surface area contributed by atoms with Crippen LogP contribution in [-0.2, 0) is 16.0 Å². The Bertz CT molecular complexity index is 581. The van der Waals surface area contributed by atoms with Gasteiger partial charge in [0, 0.05) is 26.7 Å². The summed E-state index contributed by atoms with van der Waals surface area (Å²) in [7, 11) is 1.91. The summed E-state index contributed by atoms with van der Waals surface area (Å²) < 4.78 is 19.3. The van der Waals surface area contributed by atoms with Crippen molar-refractivity contribution in [3.8, 4) is 0 Å². The summed E-state index contributed by atoms with van der Waals surface area (Å²) in [6.07, 6.45) is 5.74. The number of halogens is 1. The van der Waals surface area contributed by atoms with Crippen LogP contribution in [0, 0.1) is 11.7 Å². The number of carbonyl (C=O) groups excluding carboxylic acids is 1. The van der Waals surface area contributed by atoms with Gasteiger partial charge >= 0.3 is 0 Å². The molecule has 2 fully saturated rings. The van der Waals surface area contributed by atoms with Crippen molar-refractivity contribution in [1.29, 1.82) is 0 Å². The van der Waals surface area contributed by atoms with Crippen molar-refractivity contribution >= 4 is 5.91 Å². The zero-order chi connectivity index (χ0) is 18.4. The van der Waals surface area contributed by atoms with Gasteiger partial charge in [-0.05, 0) is 69.2 Å². The van der Waals surface area contributed by atoms with Crippen LogP contribution in [-0.4, -0.2) is 61.6 Å². The van der Waals surface area contributed by atoms with Crippen molar-refractivity contribution in [3.05, 3.63) is 35.6 Å². The Hall–Kier alpha value is -1.46. The number of ether oxygens (including phenoxy) is 1. The van der Waals surface area contributed by atoms with Gasteiger partial charge in [0.05, 0.1) is 0 Å². The lowest BCUT2D eigenvalue weighted by Gasteiger charge is -2.35. The molecule has 0 unspecified atom stereocenters. The summed E-state index contributed by atoms with van der Waals surface area (Å²) in [4.78, 5) is 16.8. The molecular formula is C21H31FN2O2. The van der Waals surface area contributed by atoms with Crippen molar-refractivity contribution in [2.24, 2.45) is 5.92 Å². The Labute approximate surface area is 156 Å². The number of piperidine rings is 1. The molecule has 2 saturated heterocycles. The van der Waals surface area contributed by atoms with Gasteiger partial charge in [0.2, 0.25) is 0 Å². The van der Waals surface area contributed by atoms with E-state index in [9.17, 15) is 9.18 Å². The van der Waals surface area contributed by atoms with E-state index < -0.39 is 0 Å². The van der Waals surface area contributed by atoms with Gasteiger partial charge in [0.1, 0.15) is 11.9 Å². The first-order chi connectivity index (χ1) is 12.6. The van der Waals surface area contributed by atoms with Crippen LogP contribution >= 0.6 is 0 Å². The average molecular weight is 362 g/mol. The van der Waals surface area contributed by atoms with Crippen LogP contribution in [0.3, 0.4) is 0 Å². The smallest absolute Gasteiger partial charge is 0.251 e. The highest BCUT2D eigenvalue weighted by molar-refractivity contribution is 5.80.